The fourth-order valence-electron chi connectivity index (χ4n) is 3.87. The van der Waals surface area contributed by atoms with Crippen molar-refractivity contribution in [2.45, 2.75) is 38.2 Å². The maximum Gasteiger partial charge on any atom is 0.339 e. The van der Waals surface area contributed by atoms with Crippen LogP contribution in [0.1, 0.15) is 39.9 Å². The van der Waals surface area contributed by atoms with Crippen molar-refractivity contribution >= 4 is 22.0 Å². The number of carbonyl (C=O) groups excluding carboxylic acids is 2. The number of hydrogen-bond acceptors (Lipinski definition) is 6. The lowest BCUT2D eigenvalue weighted by Gasteiger charge is -2.30. The van der Waals surface area contributed by atoms with E-state index in [4.69, 9.17) is 9.47 Å². The van der Waals surface area contributed by atoms with Gasteiger partial charge in [-0.05, 0) is 44.4 Å². The highest BCUT2D eigenvalue weighted by molar-refractivity contribution is 7.89. The highest BCUT2D eigenvalue weighted by Gasteiger charge is 2.34. The second-order valence-electron chi connectivity index (χ2n) is 7.77. The Morgan fingerprint density at radius 1 is 1.03 bits per heavy atom. The van der Waals surface area contributed by atoms with E-state index in [1.54, 1.807) is 12.1 Å². The lowest BCUT2D eigenvalue weighted by molar-refractivity contribution is -0.151. The average Bonchev–Trinajstić information content (AvgIpc) is 2.76. The Kier molecular flexibility index (Phi) is 7.12. The molecule has 1 aliphatic heterocycles. The van der Waals surface area contributed by atoms with Crippen LogP contribution < -0.4 is 0 Å². The molecule has 3 rings (SSSR count). The van der Waals surface area contributed by atoms with Crippen molar-refractivity contribution in [2.75, 3.05) is 20.2 Å². The van der Waals surface area contributed by atoms with Crippen LogP contribution in [0.4, 0.5) is 0 Å². The molecule has 0 saturated carbocycles. The zero-order valence-electron chi connectivity index (χ0n) is 18.0. The third-order valence-electron chi connectivity index (χ3n) is 5.36. The predicted molar refractivity (Wildman–Crippen MR) is 115 cm³/mol. The molecular formula is C23H27NO6S. The Bertz CT molecular complexity index is 1050. The SMILES string of the molecule is COC(=O)c1ccccc1S(=O)(=O)N1CCC(C(=O)OCc2cc(C)cc(C)c2)CC1. The molecule has 1 fully saturated rings. The van der Waals surface area contributed by atoms with Crippen LogP contribution in [-0.2, 0) is 30.9 Å². The van der Waals surface area contributed by atoms with Gasteiger partial charge >= 0.3 is 11.9 Å². The predicted octanol–water partition coefficient (Wildman–Crippen LogP) is 3.23. The first-order chi connectivity index (χ1) is 14.7. The Hall–Kier alpha value is -2.71. The highest BCUT2D eigenvalue weighted by Crippen LogP contribution is 2.27. The van der Waals surface area contributed by atoms with E-state index >= 15 is 0 Å². The molecule has 1 saturated heterocycles. The lowest BCUT2D eigenvalue weighted by atomic mass is 9.98. The van der Waals surface area contributed by atoms with Crippen molar-refractivity contribution in [2.24, 2.45) is 5.92 Å². The molecule has 0 aliphatic carbocycles. The van der Waals surface area contributed by atoms with Crippen molar-refractivity contribution < 1.29 is 27.5 Å². The van der Waals surface area contributed by atoms with Gasteiger partial charge in [0.1, 0.15) is 6.61 Å². The summed E-state index contributed by atoms with van der Waals surface area (Å²) in [7, 11) is -2.67. The molecule has 0 amide bonds. The molecule has 7 nitrogen and oxygen atoms in total. The van der Waals surface area contributed by atoms with Gasteiger partial charge in [0.25, 0.3) is 0 Å². The number of carbonyl (C=O) groups is 2. The normalized spacial score (nSPS) is 15.5. The molecular weight excluding hydrogens is 418 g/mol. The molecule has 1 aliphatic rings. The molecule has 0 atom stereocenters. The highest BCUT2D eigenvalue weighted by atomic mass is 32.2. The van der Waals surface area contributed by atoms with Gasteiger partial charge in [0.2, 0.25) is 10.0 Å². The molecule has 0 N–H and O–H groups in total. The van der Waals surface area contributed by atoms with Crippen molar-refractivity contribution in [3.63, 3.8) is 0 Å². The molecule has 0 aromatic heterocycles. The molecule has 0 bridgehead atoms. The summed E-state index contributed by atoms with van der Waals surface area (Å²) in [5.74, 6) is -1.37. The number of sulfonamides is 1. The number of nitrogens with zero attached hydrogens (tertiary/aromatic N) is 1. The van der Waals surface area contributed by atoms with E-state index in [0.717, 1.165) is 16.7 Å². The minimum Gasteiger partial charge on any atom is -0.465 e. The Labute approximate surface area is 183 Å². The van der Waals surface area contributed by atoms with Gasteiger partial charge in [0.05, 0.1) is 23.5 Å². The number of hydrogen-bond donors (Lipinski definition) is 0. The van der Waals surface area contributed by atoms with Crippen LogP contribution in [0.25, 0.3) is 0 Å². The van der Waals surface area contributed by atoms with Gasteiger partial charge in [0.15, 0.2) is 0 Å². The molecule has 0 unspecified atom stereocenters. The quantitative estimate of drug-likeness (QED) is 0.634. The Morgan fingerprint density at radius 2 is 1.65 bits per heavy atom. The van der Waals surface area contributed by atoms with E-state index in [2.05, 4.69) is 6.07 Å². The molecule has 0 radical (unpaired) electrons. The van der Waals surface area contributed by atoms with Gasteiger partial charge < -0.3 is 9.47 Å². The topological polar surface area (TPSA) is 90.0 Å². The van der Waals surface area contributed by atoms with Crippen molar-refractivity contribution in [3.05, 3.63) is 64.7 Å². The summed E-state index contributed by atoms with van der Waals surface area (Å²) < 4.78 is 37.7. The average molecular weight is 446 g/mol. The second-order valence-corrected chi connectivity index (χ2v) is 9.68. The van der Waals surface area contributed by atoms with Crippen LogP contribution in [0.2, 0.25) is 0 Å². The zero-order chi connectivity index (χ0) is 22.6. The minimum absolute atomic E-state index is 0.0000174. The van der Waals surface area contributed by atoms with Gasteiger partial charge in [-0.25, -0.2) is 13.2 Å². The van der Waals surface area contributed by atoms with E-state index in [-0.39, 0.29) is 42.0 Å². The fraction of sp³-hybridized carbons (Fsp3) is 0.391. The molecule has 166 valence electrons. The summed E-state index contributed by atoms with van der Waals surface area (Å²) in [4.78, 5) is 24.4. The summed E-state index contributed by atoms with van der Waals surface area (Å²) in [5.41, 5.74) is 3.15. The van der Waals surface area contributed by atoms with E-state index < -0.39 is 16.0 Å². The van der Waals surface area contributed by atoms with Gasteiger partial charge in [-0.1, -0.05) is 41.5 Å². The van der Waals surface area contributed by atoms with Gasteiger partial charge in [0, 0.05) is 13.1 Å². The molecule has 0 spiro atoms. The number of aryl methyl sites for hydroxylation is 2. The van der Waals surface area contributed by atoms with E-state index in [1.165, 1.54) is 23.5 Å². The van der Waals surface area contributed by atoms with Crippen LogP contribution >= 0.6 is 0 Å². The van der Waals surface area contributed by atoms with Crippen molar-refractivity contribution in [1.29, 1.82) is 0 Å². The van der Waals surface area contributed by atoms with Gasteiger partial charge in [-0.3, -0.25) is 4.79 Å². The van der Waals surface area contributed by atoms with Crippen LogP contribution in [-0.4, -0.2) is 44.9 Å². The zero-order valence-corrected chi connectivity index (χ0v) is 18.8. The monoisotopic (exact) mass is 445 g/mol. The number of methoxy groups -OCH3 is 1. The Balaban J connectivity index is 1.62. The first-order valence-corrected chi connectivity index (χ1v) is 11.6. The molecule has 8 heteroatoms. The minimum atomic E-state index is -3.88. The standard InChI is InChI=1S/C23H27NO6S/c1-16-12-17(2)14-18(13-16)15-30-22(25)19-8-10-24(11-9-19)31(27,28)21-7-5-4-6-20(21)23(26)29-3/h4-7,12-14,19H,8-11,15H2,1-3H3. The second kappa shape index (κ2) is 9.62. The van der Waals surface area contributed by atoms with E-state index in [9.17, 15) is 18.0 Å². The van der Waals surface area contributed by atoms with Crippen molar-refractivity contribution in [1.82, 2.24) is 4.31 Å². The maximum atomic E-state index is 13.1. The van der Waals surface area contributed by atoms with Crippen molar-refractivity contribution in [3.8, 4) is 0 Å². The van der Waals surface area contributed by atoms with Crippen LogP contribution in [0.3, 0.4) is 0 Å². The third-order valence-corrected chi connectivity index (χ3v) is 7.32. The summed E-state index contributed by atoms with van der Waals surface area (Å²) in [6.07, 6.45) is 0.733. The lowest BCUT2D eigenvalue weighted by Crippen LogP contribution is -2.41. The molecule has 2 aromatic carbocycles. The smallest absolute Gasteiger partial charge is 0.339 e. The number of rotatable bonds is 6. The van der Waals surface area contributed by atoms with E-state index in [0.29, 0.717) is 12.8 Å². The largest absolute Gasteiger partial charge is 0.465 e. The van der Waals surface area contributed by atoms with Crippen LogP contribution in [0, 0.1) is 19.8 Å². The Morgan fingerprint density at radius 3 is 2.26 bits per heavy atom. The third kappa shape index (κ3) is 5.32. The molecule has 31 heavy (non-hydrogen) atoms. The summed E-state index contributed by atoms with van der Waals surface area (Å²) >= 11 is 0. The summed E-state index contributed by atoms with van der Waals surface area (Å²) in [6.45, 7) is 4.55. The van der Waals surface area contributed by atoms with Crippen LogP contribution in [0.15, 0.2) is 47.4 Å². The fourth-order valence-corrected chi connectivity index (χ4v) is 5.52. The summed E-state index contributed by atoms with van der Waals surface area (Å²) in [5, 5.41) is 0. The number of benzene rings is 2. The first-order valence-electron chi connectivity index (χ1n) is 10.1. The molecule has 2 aromatic rings. The number of piperidine rings is 1. The van der Waals surface area contributed by atoms with E-state index in [1.807, 2.05) is 26.0 Å². The first kappa shape index (κ1) is 23.0. The van der Waals surface area contributed by atoms with Gasteiger partial charge in [-0.15, -0.1) is 0 Å². The molecule has 1 heterocycles. The maximum absolute atomic E-state index is 13.1. The van der Waals surface area contributed by atoms with Gasteiger partial charge in [-0.2, -0.15) is 4.31 Å². The van der Waals surface area contributed by atoms with Crippen LogP contribution in [0.5, 0.6) is 0 Å². The number of esters is 2. The number of ether oxygens (including phenoxy) is 2. The summed E-state index contributed by atoms with van der Waals surface area (Å²) in [6, 6.07) is 12.0.